The average molecular weight is 437 g/mol. The Labute approximate surface area is 181 Å². The van der Waals surface area contributed by atoms with Crippen molar-refractivity contribution in [3.05, 3.63) is 18.2 Å². The van der Waals surface area contributed by atoms with E-state index in [1.807, 2.05) is 13.8 Å². The number of aliphatic carboxylic acids is 1. The first kappa shape index (κ1) is 24.3. The lowest BCUT2D eigenvalue weighted by molar-refractivity contribution is -0.143. The summed E-state index contributed by atoms with van der Waals surface area (Å²) in [6, 6.07) is -3.52. The van der Waals surface area contributed by atoms with E-state index in [0.717, 1.165) is 5.69 Å². The van der Waals surface area contributed by atoms with Gasteiger partial charge in [0.25, 0.3) is 0 Å². The summed E-state index contributed by atoms with van der Waals surface area (Å²) in [5.41, 5.74) is 6.76. The number of nitrogens with one attached hydrogen (secondary N) is 3. The minimum absolute atomic E-state index is 0.0790. The number of aromatic nitrogens is 2. The number of imidazole rings is 1. The van der Waals surface area contributed by atoms with Crippen LogP contribution in [0.25, 0.3) is 0 Å². The van der Waals surface area contributed by atoms with Gasteiger partial charge in [-0.15, -0.1) is 0 Å². The molecule has 1 aromatic heterocycles. The maximum Gasteiger partial charge on any atom is 0.326 e. The topological polar surface area (TPSA) is 171 Å². The summed E-state index contributed by atoms with van der Waals surface area (Å²) in [6.45, 7) is 5.60. The van der Waals surface area contributed by atoms with Crippen molar-refractivity contribution in [1.82, 2.24) is 25.5 Å². The number of nitrogens with two attached hydrogens (primary N) is 1. The second-order valence-corrected chi connectivity index (χ2v) is 8.34. The summed E-state index contributed by atoms with van der Waals surface area (Å²) in [7, 11) is 0. The molecule has 0 aliphatic carbocycles. The molecule has 4 unspecified atom stereocenters. The zero-order chi connectivity index (χ0) is 23.1. The molecule has 2 heterocycles. The van der Waals surface area contributed by atoms with Gasteiger partial charge in [-0.05, 0) is 32.1 Å². The Morgan fingerprint density at radius 1 is 1.29 bits per heavy atom. The summed E-state index contributed by atoms with van der Waals surface area (Å²) >= 11 is 0. The van der Waals surface area contributed by atoms with Gasteiger partial charge in [0.05, 0.1) is 12.4 Å². The van der Waals surface area contributed by atoms with Gasteiger partial charge in [-0.1, -0.05) is 13.8 Å². The van der Waals surface area contributed by atoms with Crippen LogP contribution in [0.1, 0.15) is 45.7 Å². The molecule has 0 radical (unpaired) electrons. The maximum absolute atomic E-state index is 12.8. The van der Waals surface area contributed by atoms with Gasteiger partial charge in [0.1, 0.15) is 18.1 Å². The molecule has 1 aromatic rings. The molecule has 11 nitrogen and oxygen atoms in total. The summed E-state index contributed by atoms with van der Waals surface area (Å²) < 4.78 is 0. The number of hydrogen-bond donors (Lipinski definition) is 5. The molecule has 1 aliphatic rings. The van der Waals surface area contributed by atoms with Crippen molar-refractivity contribution >= 4 is 23.7 Å². The van der Waals surface area contributed by atoms with Gasteiger partial charge in [-0.2, -0.15) is 0 Å². The van der Waals surface area contributed by atoms with E-state index in [0.29, 0.717) is 19.4 Å². The van der Waals surface area contributed by atoms with Crippen LogP contribution in [0.5, 0.6) is 0 Å². The standard InChI is InChI=1S/C20H32N6O5/c1-11(2)7-15(20(30)31)25-17(27)12(3)24-18(28)16-5-4-6-26(16)19(29)14(21)8-13-9-22-10-23-13/h9-12,14-16H,4-8,21H2,1-3H3,(H,22,23)(H,24,28)(H,25,27)(H,30,31). The van der Waals surface area contributed by atoms with Crippen molar-refractivity contribution in [3.8, 4) is 0 Å². The highest BCUT2D eigenvalue weighted by Gasteiger charge is 2.37. The van der Waals surface area contributed by atoms with Crippen LogP contribution in [0, 0.1) is 5.92 Å². The lowest BCUT2D eigenvalue weighted by Gasteiger charge is -2.28. The van der Waals surface area contributed by atoms with Crippen LogP contribution in [0.4, 0.5) is 0 Å². The number of likely N-dealkylation sites (tertiary alicyclic amines) is 1. The van der Waals surface area contributed by atoms with Gasteiger partial charge < -0.3 is 31.4 Å². The van der Waals surface area contributed by atoms with E-state index < -0.39 is 42.0 Å². The van der Waals surface area contributed by atoms with E-state index in [4.69, 9.17) is 5.73 Å². The van der Waals surface area contributed by atoms with E-state index in [2.05, 4.69) is 20.6 Å². The van der Waals surface area contributed by atoms with Crippen molar-refractivity contribution in [2.24, 2.45) is 11.7 Å². The van der Waals surface area contributed by atoms with E-state index in [1.54, 1.807) is 6.20 Å². The number of nitrogens with zero attached hydrogens (tertiary/aromatic N) is 2. The number of amides is 3. The van der Waals surface area contributed by atoms with E-state index in [-0.39, 0.29) is 24.7 Å². The first-order chi connectivity index (χ1) is 14.6. The average Bonchev–Trinajstić information content (AvgIpc) is 3.38. The first-order valence-corrected chi connectivity index (χ1v) is 10.5. The van der Waals surface area contributed by atoms with Crippen LogP contribution < -0.4 is 16.4 Å². The van der Waals surface area contributed by atoms with Gasteiger partial charge in [0, 0.05) is 24.9 Å². The third kappa shape index (κ3) is 6.78. The fourth-order valence-corrected chi connectivity index (χ4v) is 3.60. The first-order valence-electron chi connectivity index (χ1n) is 10.5. The van der Waals surface area contributed by atoms with Gasteiger partial charge in [0.15, 0.2) is 0 Å². The van der Waals surface area contributed by atoms with Crippen molar-refractivity contribution in [2.75, 3.05) is 6.54 Å². The molecule has 1 saturated heterocycles. The number of aromatic amines is 1. The number of hydrogen-bond acceptors (Lipinski definition) is 6. The van der Waals surface area contributed by atoms with E-state index in [1.165, 1.54) is 18.2 Å². The summed E-state index contributed by atoms with van der Waals surface area (Å²) in [6.07, 6.45) is 4.76. The molecule has 0 saturated carbocycles. The van der Waals surface area contributed by atoms with Crippen molar-refractivity contribution in [3.63, 3.8) is 0 Å². The molecular weight excluding hydrogens is 404 g/mol. The number of carboxylic acids is 1. The summed E-state index contributed by atoms with van der Waals surface area (Å²) in [5.74, 6) is -2.44. The Morgan fingerprint density at radius 3 is 2.58 bits per heavy atom. The molecule has 6 N–H and O–H groups in total. The largest absolute Gasteiger partial charge is 0.480 e. The second-order valence-electron chi connectivity index (χ2n) is 8.34. The molecule has 2 rings (SSSR count). The number of H-pyrrole nitrogens is 1. The molecule has 11 heteroatoms. The second kappa shape index (κ2) is 10.9. The molecule has 31 heavy (non-hydrogen) atoms. The number of carbonyl (C=O) groups excluding carboxylic acids is 3. The maximum atomic E-state index is 12.8. The number of rotatable bonds is 10. The quantitative estimate of drug-likeness (QED) is 0.326. The lowest BCUT2D eigenvalue weighted by Crippen LogP contribution is -2.56. The SMILES string of the molecule is CC(C)CC(NC(=O)C(C)NC(=O)C1CCCN1C(=O)C(N)Cc1cnc[nH]1)C(=O)O. The third-order valence-electron chi connectivity index (χ3n) is 5.22. The Bertz CT molecular complexity index is 781. The van der Waals surface area contributed by atoms with Crippen molar-refractivity contribution < 1.29 is 24.3 Å². The molecule has 4 atom stereocenters. The molecular formula is C20H32N6O5. The summed E-state index contributed by atoms with van der Waals surface area (Å²) in [5, 5.41) is 14.3. The third-order valence-corrected chi connectivity index (χ3v) is 5.22. The predicted molar refractivity (Wildman–Crippen MR) is 112 cm³/mol. The van der Waals surface area contributed by atoms with Crippen LogP contribution >= 0.6 is 0 Å². The molecule has 172 valence electrons. The molecule has 0 aromatic carbocycles. The Hall–Kier alpha value is -2.95. The molecule has 0 spiro atoms. The minimum atomic E-state index is -1.13. The van der Waals surface area contributed by atoms with Crippen LogP contribution in [0.3, 0.4) is 0 Å². The monoisotopic (exact) mass is 436 g/mol. The highest BCUT2D eigenvalue weighted by molar-refractivity contribution is 5.94. The normalized spacial score (nSPS) is 19.0. The Balaban J connectivity index is 1.94. The Kier molecular flexibility index (Phi) is 8.55. The Morgan fingerprint density at radius 2 is 2.00 bits per heavy atom. The van der Waals surface area contributed by atoms with Gasteiger partial charge in [-0.25, -0.2) is 9.78 Å². The van der Waals surface area contributed by atoms with Crippen LogP contribution in [-0.4, -0.2) is 74.4 Å². The fraction of sp³-hybridized carbons (Fsp3) is 0.650. The van der Waals surface area contributed by atoms with Gasteiger partial charge in [-0.3, -0.25) is 14.4 Å². The zero-order valence-corrected chi connectivity index (χ0v) is 18.1. The highest BCUT2D eigenvalue weighted by Crippen LogP contribution is 2.19. The van der Waals surface area contributed by atoms with Crippen molar-refractivity contribution in [2.45, 2.75) is 70.6 Å². The van der Waals surface area contributed by atoms with Crippen LogP contribution in [0.2, 0.25) is 0 Å². The highest BCUT2D eigenvalue weighted by atomic mass is 16.4. The molecule has 1 fully saturated rings. The van der Waals surface area contributed by atoms with Crippen LogP contribution in [-0.2, 0) is 25.6 Å². The van der Waals surface area contributed by atoms with Gasteiger partial charge in [0.2, 0.25) is 17.7 Å². The zero-order valence-electron chi connectivity index (χ0n) is 18.1. The van der Waals surface area contributed by atoms with E-state index >= 15 is 0 Å². The summed E-state index contributed by atoms with van der Waals surface area (Å²) in [4.78, 5) is 57.5. The molecule has 1 aliphatic heterocycles. The molecule has 3 amide bonds. The van der Waals surface area contributed by atoms with Crippen LogP contribution in [0.15, 0.2) is 12.5 Å². The van der Waals surface area contributed by atoms with Crippen molar-refractivity contribution in [1.29, 1.82) is 0 Å². The smallest absolute Gasteiger partial charge is 0.326 e. The fourth-order valence-electron chi connectivity index (χ4n) is 3.60. The lowest BCUT2D eigenvalue weighted by atomic mass is 10.0. The molecule has 0 bridgehead atoms. The minimum Gasteiger partial charge on any atom is -0.480 e. The number of carbonyl (C=O) groups is 4. The van der Waals surface area contributed by atoms with Gasteiger partial charge >= 0.3 is 5.97 Å². The predicted octanol–water partition coefficient (Wildman–Crippen LogP) is -0.609. The van der Waals surface area contributed by atoms with E-state index in [9.17, 15) is 24.3 Å². The number of carboxylic acid groups (broad SMARTS) is 1.